The third-order valence-corrected chi connectivity index (χ3v) is 4.98. The lowest BCUT2D eigenvalue weighted by atomic mass is 9.89. The van der Waals surface area contributed by atoms with Gasteiger partial charge in [0.2, 0.25) is 5.78 Å². The van der Waals surface area contributed by atoms with Crippen LogP contribution in [-0.2, 0) is 18.4 Å². The molecule has 0 rings (SSSR count). The van der Waals surface area contributed by atoms with Crippen LogP contribution >= 0.6 is 7.60 Å². The predicted octanol–water partition coefficient (Wildman–Crippen LogP) is 3.18. The molecular formula is C16H27O5P. The molecule has 0 aliphatic carbocycles. The Balaban J connectivity index is 4.29. The summed E-state index contributed by atoms with van der Waals surface area (Å²) in [6, 6.07) is 0. The van der Waals surface area contributed by atoms with Crippen molar-refractivity contribution in [2.75, 3.05) is 27.0 Å². The lowest BCUT2D eigenvalue weighted by molar-refractivity contribution is -0.111. The van der Waals surface area contributed by atoms with Gasteiger partial charge >= 0.3 is 7.60 Å². The zero-order valence-electron chi connectivity index (χ0n) is 14.1. The molecule has 0 amide bonds. The number of rotatable bonds is 9. The van der Waals surface area contributed by atoms with Crippen LogP contribution < -0.4 is 0 Å². The molecule has 0 unspecified atom stereocenters. The topological polar surface area (TPSA) is 72.8 Å². The van der Waals surface area contributed by atoms with Crippen molar-refractivity contribution in [2.24, 2.45) is 5.41 Å². The van der Waals surface area contributed by atoms with Gasteiger partial charge in [0.05, 0.1) is 0 Å². The third kappa shape index (κ3) is 9.17. The number of carbonyl (C=O) groups excluding carboxylic acids is 1. The molecule has 126 valence electrons. The van der Waals surface area contributed by atoms with Gasteiger partial charge in [0.15, 0.2) is 0 Å². The van der Waals surface area contributed by atoms with Crippen molar-refractivity contribution in [3.63, 3.8) is 0 Å². The van der Waals surface area contributed by atoms with Gasteiger partial charge in [-0.05, 0) is 31.1 Å². The molecule has 5 nitrogen and oxygen atoms in total. The second-order valence-electron chi connectivity index (χ2n) is 5.94. The van der Waals surface area contributed by atoms with Gasteiger partial charge < -0.3 is 14.2 Å². The van der Waals surface area contributed by atoms with Crippen LogP contribution in [0, 0.1) is 17.3 Å². The number of hydrogen-bond donors (Lipinski definition) is 1. The largest absolute Gasteiger partial charge is 0.396 e. The minimum Gasteiger partial charge on any atom is -0.396 e. The van der Waals surface area contributed by atoms with Crippen LogP contribution in [0.4, 0.5) is 0 Å². The highest BCUT2D eigenvalue weighted by molar-refractivity contribution is 7.54. The molecule has 22 heavy (non-hydrogen) atoms. The Morgan fingerprint density at radius 2 is 1.91 bits per heavy atom. The lowest BCUT2D eigenvalue weighted by Gasteiger charge is -2.19. The van der Waals surface area contributed by atoms with E-state index in [9.17, 15) is 14.5 Å². The van der Waals surface area contributed by atoms with Crippen LogP contribution in [0.15, 0.2) is 11.6 Å². The quantitative estimate of drug-likeness (QED) is 0.304. The molecule has 0 aliphatic rings. The molecule has 0 radical (unpaired) electrons. The lowest BCUT2D eigenvalue weighted by Crippen LogP contribution is -2.15. The molecule has 0 aromatic carbocycles. The van der Waals surface area contributed by atoms with Crippen molar-refractivity contribution in [3.05, 3.63) is 11.6 Å². The van der Waals surface area contributed by atoms with Crippen molar-refractivity contribution in [1.29, 1.82) is 0 Å². The highest BCUT2D eigenvalue weighted by Crippen LogP contribution is 2.45. The molecule has 1 N–H and O–H groups in total. The molecule has 0 saturated carbocycles. The number of aliphatic hydroxyl groups excluding tert-OH is 1. The number of allylic oxidation sites excluding steroid dienone is 2. The number of hydrogen-bond acceptors (Lipinski definition) is 5. The van der Waals surface area contributed by atoms with E-state index in [1.165, 1.54) is 19.8 Å². The first-order valence-electron chi connectivity index (χ1n) is 7.17. The molecule has 0 heterocycles. The molecule has 6 heteroatoms. The van der Waals surface area contributed by atoms with Crippen LogP contribution in [0.3, 0.4) is 0 Å². The fourth-order valence-electron chi connectivity index (χ4n) is 1.46. The van der Waals surface area contributed by atoms with E-state index in [0.717, 1.165) is 12.8 Å². The third-order valence-electron chi connectivity index (χ3n) is 3.20. The second-order valence-corrected chi connectivity index (χ2v) is 8.20. The molecule has 0 saturated heterocycles. The first kappa shape index (κ1) is 21.1. The van der Waals surface area contributed by atoms with Crippen molar-refractivity contribution >= 4 is 13.4 Å². The van der Waals surface area contributed by atoms with Crippen LogP contribution in [0.25, 0.3) is 0 Å². The van der Waals surface area contributed by atoms with E-state index >= 15 is 0 Å². The van der Waals surface area contributed by atoms with Crippen molar-refractivity contribution in [2.45, 2.75) is 40.0 Å². The maximum Gasteiger partial charge on any atom is 0.338 e. The minimum atomic E-state index is -3.33. The van der Waals surface area contributed by atoms with Gasteiger partial charge in [-0.1, -0.05) is 31.4 Å². The summed E-state index contributed by atoms with van der Waals surface area (Å²) in [4.78, 5) is 11.6. The van der Waals surface area contributed by atoms with Crippen molar-refractivity contribution in [1.82, 2.24) is 0 Å². The Hall–Kier alpha value is -0.920. The van der Waals surface area contributed by atoms with Crippen LogP contribution in [0.1, 0.15) is 40.0 Å². The smallest absolute Gasteiger partial charge is 0.338 e. The fraction of sp³-hybridized carbons (Fsp3) is 0.688. The van der Waals surface area contributed by atoms with E-state index in [-0.39, 0.29) is 18.2 Å². The summed E-state index contributed by atoms with van der Waals surface area (Å²) < 4.78 is 21.1. The van der Waals surface area contributed by atoms with E-state index in [2.05, 4.69) is 17.9 Å². The number of ketones is 1. The van der Waals surface area contributed by atoms with Crippen LogP contribution in [0.2, 0.25) is 0 Å². The summed E-state index contributed by atoms with van der Waals surface area (Å²) in [5, 5.41) is 9.18. The molecule has 0 aromatic rings. The van der Waals surface area contributed by atoms with E-state index in [1.54, 1.807) is 0 Å². The predicted molar refractivity (Wildman–Crippen MR) is 87.7 cm³/mol. The standard InChI is InChI=1S/C16H27O5P/c1-14(10-11-16(2,3)13-17)8-6-7-9-15(18)12-22(19,20-4)21-5/h10,17H,6,8,11-13H2,1-5H3/b14-10+. The first-order valence-corrected chi connectivity index (χ1v) is 8.89. The molecule has 0 spiro atoms. The highest BCUT2D eigenvalue weighted by atomic mass is 31.2. The minimum absolute atomic E-state index is 0.121. The van der Waals surface area contributed by atoms with Gasteiger partial charge in [-0.15, -0.1) is 0 Å². The first-order chi connectivity index (χ1) is 10.2. The Morgan fingerprint density at radius 3 is 2.41 bits per heavy atom. The monoisotopic (exact) mass is 330 g/mol. The fourth-order valence-corrected chi connectivity index (χ4v) is 2.30. The molecule has 0 bridgehead atoms. The van der Waals surface area contributed by atoms with Crippen molar-refractivity contribution < 1.29 is 23.5 Å². The Labute approximate surface area is 133 Å². The average molecular weight is 330 g/mol. The van der Waals surface area contributed by atoms with Crippen molar-refractivity contribution in [3.8, 4) is 11.8 Å². The normalized spacial score (nSPS) is 12.7. The van der Waals surface area contributed by atoms with E-state index in [1.807, 2.05) is 20.8 Å². The molecular weight excluding hydrogens is 303 g/mol. The SMILES string of the molecule is COP(=O)(CC(=O)C#CCC/C(C)=C/CC(C)(C)CO)OC. The van der Waals surface area contributed by atoms with E-state index in [0.29, 0.717) is 6.42 Å². The molecule has 0 atom stereocenters. The van der Waals surface area contributed by atoms with E-state index in [4.69, 9.17) is 9.05 Å². The van der Waals surface area contributed by atoms with Gasteiger partial charge in [-0.2, -0.15) is 0 Å². The maximum absolute atomic E-state index is 11.7. The van der Waals surface area contributed by atoms with Gasteiger partial charge in [0.1, 0.15) is 6.16 Å². The molecule has 0 aromatic heterocycles. The summed E-state index contributed by atoms with van der Waals surface area (Å²) in [6.45, 7) is 6.14. The Bertz CT molecular complexity index is 488. The average Bonchev–Trinajstić information content (AvgIpc) is 2.49. The summed E-state index contributed by atoms with van der Waals surface area (Å²) in [5.41, 5.74) is 1.05. The highest BCUT2D eigenvalue weighted by Gasteiger charge is 2.24. The Kier molecular flexibility index (Phi) is 9.55. The van der Waals surface area contributed by atoms with Gasteiger partial charge in [0.25, 0.3) is 0 Å². The van der Waals surface area contributed by atoms with Gasteiger partial charge in [0, 0.05) is 27.2 Å². The second kappa shape index (κ2) is 9.97. The molecule has 0 fully saturated rings. The number of carbonyl (C=O) groups is 1. The zero-order valence-corrected chi connectivity index (χ0v) is 15.0. The van der Waals surface area contributed by atoms with Crippen LogP contribution in [-0.4, -0.2) is 37.9 Å². The van der Waals surface area contributed by atoms with Gasteiger partial charge in [-0.25, -0.2) is 0 Å². The van der Waals surface area contributed by atoms with Crippen LogP contribution in [0.5, 0.6) is 0 Å². The molecule has 0 aliphatic heterocycles. The number of aliphatic hydroxyl groups is 1. The van der Waals surface area contributed by atoms with Gasteiger partial charge in [-0.3, -0.25) is 9.36 Å². The summed E-state index contributed by atoms with van der Waals surface area (Å²) >= 11 is 0. The summed E-state index contributed by atoms with van der Waals surface area (Å²) in [7, 11) is -0.839. The number of Topliss-reactive ketones (excluding diaryl/α,β-unsaturated/α-hetero) is 1. The Morgan fingerprint density at radius 1 is 1.32 bits per heavy atom. The zero-order chi connectivity index (χ0) is 17.2. The maximum atomic E-state index is 11.7. The summed E-state index contributed by atoms with van der Waals surface area (Å²) in [6.07, 6.45) is 3.87. The summed E-state index contributed by atoms with van der Waals surface area (Å²) in [5.74, 6) is 4.78. The van der Waals surface area contributed by atoms with E-state index < -0.39 is 13.4 Å².